The van der Waals surface area contributed by atoms with Crippen molar-refractivity contribution in [3.63, 3.8) is 0 Å². The predicted octanol–water partition coefficient (Wildman–Crippen LogP) is 29.4. The van der Waals surface area contributed by atoms with E-state index in [0.29, 0.717) is 19.3 Å². The fourth-order valence-electron chi connectivity index (χ4n) is 12.8. The molecule has 16 nitrogen and oxygen atoms in total. The molecule has 0 aromatic carbocycles. The van der Waals surface area contributed by atoms with Crippen molar-refractivity contribution in [2.24, 2.45) is 0 Å². The Morgan fingerprint density at radius 1 is 0.244 bits per heavy atom. The summed E-state index contributed by atoms with van der Waals surface area (Å²) in [4.78, 5) is 59.0. The largest absolute Gasteiger partial charge is 0.472 e. The maximum Gasteiger partial charge on any atom is 0.472 e. The average Bonchev–Trinajstić information content (AvgIpc) is 0.903. The molecule has 0 aliphatic rings. The molecular formula is C101H172O16P2. The Hall–Kier alpha value is -5.09. The summed E-state index contributed by atoms with van der Waals surface area (Å²) in [5.41, 5.74) is 0. The fourth-order valence-corrected chi connectivity index (χ4v) is 14.4. The number of unbranched alkanes of at least 4 members (excludes halogenated alkanes) is 38. The Balaban J connectivity index is 4.54. The van der Waals surface area contributed by atoms with Crippen LogP contribution in [0.4, 0.5) is 0 Å². The van der Waals surface area contributed by atoms with Gasteiger partial charge in [0.25, 0.3) is 0 Å². The van der Waals surface area contributed by atoms with Crippen molar-refractivity contribution in [2.45, 2.75) is 411 Å². The van der Waals surface area contributed by atoms with Crippen LogP contribution in [-0.4, -0.2) is 95.9 Å². The van der Waals surface area contributed by atoms with Gasteiger partial charge in [0.1, 0.15) is 25.4 Å². The van der Waals surface area contributed by atoms with Crippen LogP contribution in [0.2, 0.25) is 0 Å². The lowest BCUT2D eigenvalue weighted by atomic mass is 10.0. The lowest BCUT2D eigenvalue weighted by Crippen LogP contribution is -2.30. The van der Waals surface area contributed by atoms with E-state index in [0.717, 1.165) is 148 Å². The van der Waals surface area contributed by atoms with Gasteiger partial charge in [0.05, 0.1) is 26.4 Å². The molecule has 0 heterocycles. The highest BCUT2D eigenvalue weighted by molar-refractivity contribution is 7.47. The average molecular weight is 1700 g/mol. The second-order valence-corrected chi connectivity index (χ2v) is 34.3. The molecule has 682 valence electrons. The van der Waals surface area contributed by atoms with Crippen LogP contribution in [0.5, 0.6) is 0 Å². The van der Waals surface area contributed by atoms with Gasteiger partial charge in [0.2, 0.25) is 0 Å². The van der Waals surface area contributed by atoms with E-state index in [1.807, 2.05) is 0 Å². The Morgan fingerprint density at radius 3 is 0.714 bits per heavy atom. The molecule has 119 heavy (non-hydrogen) atoms. The van der Waals surface area contributed by atoms with Gasteiger partial charge in [-0.15, -0.1) is 0 Å². The van der Waals surface area contributed by atoms with Crippen LogP contribution in [0.3, 0.4) is 0 Å². The molecular weight excluding hydrogens is 1530 g/mol. The lowest BCUT2D eigenvalue weighted by molar-refractivity contribution is -0.161. The minimum atomic E-state index is -4.95. The van der Waals surface area contributed by atoms with Gasteiger partial charge in [-0.3, -0.25) is 32.5 Å². The van der Waals surface area contributed by atoms with Gasteiger partial charge in [-0.1, -0.05) is 390 Å². The number of aliphatic hydroxyl groups is 2. The maximum absolute atomic E-state index is 13.0. The number of aliphatic hydroxyl groups excluding tert-OH is 2. The Bertz CT molecular complexity index is 2840. The van der Waals surface area contributed by atoms with Gasteiger partial charge >= 0.3 is 33.6 Å². The number of allylic oxidation sites excluding steroid dienone is 28. The van der Waals surface area contributed by atoms with Crippen LogP contribution < -0.4 is 0 Å². The highest BCUT2D eigenvalue weighted by Crippen LogP contribution is 2.45. The molecule has 0 spiro atoms. The number of hydrogen-bond donors (Lipinski definition) is 4. The summed E-state index contributed by atoms with van der Waals surface area (Å²) in [5.74, 6) is -1.60. The molecule has 0 aliphatic carbocycles. The molecule has 0 bridgehead atoms. The molecule has 4 N–H and O–H groups in total. The first-order valence-electron chi connectivity index (χ1n) is 47.4. The highest BCUT2D eigenvalue weighted by Gasteiger charge is 2.29. The number of hydrogen-bond acceptors (Lipinski definition) is 14. The smallest absolute Gasteiger partial charge is 0.463 e. The lowest BCUT2D eigenvalue weighted by Gasteiger charge is -2.21. The highest BCUT2D eigenvalue weighted by atomic mass is 31.2. The van der Waals surface area contributed by atoms with E-state index in [1.54, 1.807) is 0 Å². The Kier molecular flexibility index (Phi) is 88.2. The van der Waals surface area contributed by atoms with Crippen molar-refractivity contribution in [3.05, 3.63) is 170 Å². The Morgan fingerprint density at radius 2 is 0.445 bits per heavy atom. The van der Waals surface area contributed by atoms with Crippen LogP contribution >= 0.6 is 15.6 Å². The third-order valence-corrected chi connectivity index (χ3v) is 21.8. The summed E-state index contributed by atoms with van der Waals surface area (Å²) in [7, 11) is -9.82. The van der Waals surface area contributed by atoms with E-state index in [2.05, 4.69) is 191 Å². The molecule has 0 amide bonds. The molecule has 0 aliphatic heterocycles. The number of phosphoric ester groups is 2. The summed E-state index contributed by atoms with van der Waals surface area (Å²) < 4.78 is 61.5. The molecule has 0 rings (SSSR count). The summed E-state index contributed by atoms with van der Waals surface area (Å²) in [6.07, 6.45) is 120. The summed E-state index contributed by atoms with van der Waals surface area (Å²) in [6, 6.07) is 0. The molecule has 18 heteroatoms. The van der Waals surface area contributed by atoms with Crippen molar-refractivity contribution >= 4 is 33.6 Å². The predicted molar refractivity (Wildman–Crippen MR) is 500 cm³/mol. The third-order valence-electron chi connectivity index (χ3n) is 19.9. The number of phosphoric acid groups is 2. The maximum atomic E-state index is 13.0. The van der Waals surface area contributed by atoms with Crippen LogP contribution in [-0.2, 0) is 55.8 Å². The zero-order valence-corrected chi connectivity index (χ0v) is 77.0. The number of ether oxygens (including phenoxy) is 3. The van der Waals surface area contributed by atoms with Crippen LogP contribution in [0.1, 0.15) is 393 Å². The summed E-state index contributed by atoms with van der Waals surface area (Å²) >= 11 is 0. The molecule has 0 aromatic heterocycles. The molecule has 0 saturated carbocycles. The summed E-state index contributed by atoms with van der Waals surface area (Å²) in [5, 5.41) is 20.7. The van der Waals surface area contributed by atoms with Crippen molar-refractivity contribution in [1.29, 1.82) is 0 Å². The number of carbonyl (C=O) groups excluding carboxylic acids is 3. The van der Waals surface area contributed by atoms with Crippen LogP contribution in [0.25, 0.3) is 0 Å². The van der Waals surface area contributed by atoms with Crippen molar-refractivity contribution in [3.8, 4) is 0 Å². The standard InChI is InChI=1S/C101H172O16P2/c1-4-7-10-13-16-19-22-25-28-31-34-36-38-40-42-44-46-47-49-51-52-54-56-58-61-63-66-69-72-75-78-81-84-87-99(104)111-90-96(102)91-113-118(107,108)114-92-97(103)93-115-119(109,110)116-95-98(117-101(106)89-86-83-80-77-74-71-68-65-60-33-30-27-24-21-18-15-12-9-6-3)94-112-100(105)88-85-82-79-76-73-70-67-64-62-59-57-55-53-50-48-45-43-41-39-37-35-32-29-26-23-20-17-14-11-8-5-2/h8-9,11-12,16-21,25-30,34-37,40-43,60,65,71,74,96-98,102-103H,4-7,10,13-15,22-24,31-33,38-39,44-59,61-64,66-70,72-73,75-95H2,1-3H3,(H,107,108)(H,109,110)/b11-8-,12-9-,19-16-,20-17-,21-18-,28-25-,29-26-,30-27-,36-34-,37-35-,42-40-,43-41-,65-60-,74-71-. The SMILES string of the molecule is CC/C=C\C/C=C\C/C=C\C/C=C\C/C=C\CCCCCCCCCCCCCCCCCC(=O)OCC(COP(=O)(O)OCC(O)COP(=O)(O)OCC(O)COC(=O)CCCCCCCCCCCCCCCCCCC/C=C\C/C=C\C/C=C\C/C=C\CCCCC)OC(=O)CCCCC/C=C\C/C=C\C/C=C\C/C=C\C/C=C\CC. The second kappa shape index (κ2) is 92.1. The van der Waals surface area contributed by atoms with E-state index in [1.165, 1.54) is 186 Å². The first kappa shape index (κ1) is 114. The topological polar surface area (TPSA) is 231 Å². The van der Waals surface area contributed by atoms with E-state index in [9.17, 15) is 43.5 Å². The summed E-state index contributed by atoms with van der Waals surface area (Å²) in [6.45, 7) is 2.43. The Labute approximate surface area is 726 Å². The number of rotatable bonds is 89. The quantitative estimate of drug-likeness (QED) is 0.0146. The van der Waals surface area contributed by atoms with Crippen LogP contribution in [0, 0.1) is 0 Å². The van der Waals surface area contributed by atoms with E-state index < -0.39 is 91.5 Å². The van der Waals surface area contributed by atoms with Gasteiger partial charge < -0.3 is 34.2 Å². The van der Waals surface area contributed by atoms with Crippen molar-refractivity contribution in [2.75, 3.05) is 39.6 Å². The normalized spacial score (nSPS) is 14.5. The monoisotopic (exact) mass is 1700 g/mol. The molecule has 0 aromatic rings. The van der Waals surface area contributed by atoms with Gasteiger partial charge in [-0.2, -0.15) is 0 Å². The molecule has 5 unspecified atom stereocenters. The molecule has 0 radical (unpaired) electrons. The van der Waals surface area contributed by atoms with Crippen molar-refractivity contribution < 1.29 is 75.8 Å². The number of esters is 3. The van der Waals surface area contributed by atoms with Crippen molar-refractivity contribution in [1.82, 2.24) is 0 Å². The molecule has 5 atom stereocenters. The molecule has 0 saturated heterocycles. The van der Waals surface area contributed by atoms with E-state index in [-0.39, 0.29) is 19.3 Å². The minimum Gasteiger partial charge on any atom is -0.463 e. The van der Waals surface area contributed by atoms with E-state index in [4.69, 9.17) is 32.3 Å². The third kappa shape index (κ3) is 93.5. The second-order valence-electron chi connectivity index (χ2n) is 31.4. The zero-order valence-electron chi connectivity index (χ0n) is 75.2. The first-order valence-corrected chi connectivity index (χ1v) is 50.4. The fraction of sp³-hybridized carbons (Fsp3) is 0.693. The zero-order chi connectivity index (χ0) is 86.5. The first-order chi connectivity index (χ1) is 58.2. The van der Waals surface area contributed by atoms with Gasteiger partial charge in [0, 0.05) is 19.3 Å². The minimum absolute atomic E-state index is 0.0620. The number of carbonyl (C=O) groups is 3. The van der Waals surface area contributed by atoms with Crippen LogP contribution in [0.15, 0.2) is 170 Å². The van der Waals surface area contributed by atoms with Gasteiger partial charge in [0.15, 0.2) is 6.10 Å². The van der Waals surface area contributed by atoms with E-state index >= 15 is 0 Å². The van der Waals surface area contributed by atoms with Gasteiger partial charge in [-0.05, 0) is 154 Å². The van der Waals surface area contributed by atoms with Gasteiger partial charge in [-0.25, -0.2) is 9.13 Å². The molecule has 0 fully saturated rings.